The van der Waals surface area contributed by atoms with Crippen LogP contribution in [0, 0.1) is 0 Å². The van der Waals surface area contributed by atoms with E-state index in [1.807, 2.05) is 24.3 Å². The van der Waals surface area contributed by atoms with E-state index in [2.05, 4.69) is 9.97 Å². The lowest BCUT2D eigenvalue weighted by Gasteiger charge is -1.99. The minimum atomic E-state index is -0.381. The van der Waals surface area contributed by atoms with Crippen LogP contribution in [0.1, 0.15) is 23.0 Å². The topological polar surface area (TPSA) is 55.0 Å². The van der Waals surface area contributed by atoms with Gasteiger partial charge >= 0.3 is 5.97 Å². The molecule has 2 aromatic rings. The van der Waals surface area contributed by atoms with E-state index in [1.54, 1.807) is 6.92 Å². The number of carbonyl (C=O) groups is 1. The third kappa shape index (κ3) is 4.01. The number of imidazole rings is 1. The molecule has 0 radical (unpaired) electrons. The molecule has 0 saturated heterocycles. The summed E-state index contributed by atoms with van der Waals surface area (Å²) in [4.78, 5) is 18.5. The molecule has 19 heavy (non-hydrogen) atoms. The van der Waals surface area contributed by atoms with E-state index in [9.17, 15) is 4.79 Å². The van der Waals surface area contributed by atoms with E-state index in [0.29, 0.717) is 17.5 Å². The number of nitrogens with zero attached hydrogens (tertiary/aromatic N) is 1. The summed E-state index contributed by atoms with van der Waals surface area (Å²) in [6.07, 6.45) is 1.49. The number of carbonyl (C=O) groups excluding carboxylic acids is 1. The molecule has 0 saturated carbocycles. The summed E-state index contributed by atoms with van der Waals surface area (Å²) < 4.78 is 4.88. The molecule has 6 heteroatoms. The molecule has 1 aromatic heterocycles. The van der Waals surface area contributed by atoms with Gasteiger partial charge in [-0.05, 0) is 24.6 Å². The summed E-state index contributed by atoms with van der Waals surface area (Å²) >= 11 is 7.34. The molecule has 1 aromatic carbocycles. The maximum absolute atomic E-state index is 11.5. The third-order valence-electron chi connectivity index (χ3n) is 2.34. The van der Waals surface area contributed by atoms with Crippen LogP contribution in [0.4, 0.5) is 0 Å². The molecule has 0 aliphatic heterocycles. The number of nitrogens with one attached hydrogen (secondary N) is 1. The van der Waals surface area contributed by atoms with E-state index in [1.165, 1.54) is 18.0 Å². The van der Waals surface area contributed by atoms with Gasteiger partial charge < -0.3 is 9.72 Å². The van der Waals surface area contributed by atoms with E-state index >= 15 is 0 Å². The van der Waals surface area contributed by atoms with Crippen LogP contribution in [0.3, 0.4) is 0 Å². The molecule has 0 unspecified atom stereocenters. The zero-order valence-electron chi connectivity index (χ0n) is 10.4. The van der Waals surface area contributed by atoms with Crippen LogP contribution in [0.25, 0.3) is 0 Å². The Morgan fingerprint density at radius 3 is 2.84 bits per heavy atom. The first-order valence-corrected chi connectivity index (χ1v) is 7.14. The van der Waals surface area contributed by atoms with Crippen molar-refractivity contribution in [2.24, 2.45) is 0 Å². The Labute approximate surface area is 120 Å². The number of hydrogen-bond acceptors (Lipinski definition) is 4. The van der Waals surface area contributed by atoms with Crippen molar-refractivity contribution in [2.45, 2.75) is 17.8 Å². The second-order valence-electron chi connectivity index (χ2n) is 3.74. The molecular weight excluding hydrogens is 284 g/mol. The van der Waals surface area contributed by atoms with Crippen LogP contribution >= 0.6 is 23.4 Å². The van der Waals surface area contributed by atoms with Gasteiger partial charge in [0.25, 0.3) is 0 Å². The van der Waals surface area contributed by atoms with E-state index in [0.717, 1.165) is 16.3 Å². The number of thioether (sulfide) groups is 1. The van der Waals surface area contributed by atoms with Crippen LogP contribution in [0.15, 0.2) is 35.6 Å². The Bertz CT molecular complexity index is 554. The van der Waals surface area contributed by atoms with Gasteiger partial charge in [-0.25, -0.2) is 9.78 Å². The van der Waals surface area contributed by atoms with Crippen LogP contribution < -0.4 is 0 Å². The molecule has 1 heterocycles. The SMILES string of the molecule is CCOC(=O)c1cnc(SCc2ccc(Cl)cc2)[nH]1. The fourth-order valence-electron chi connectivity index (χ4n) is 1.42. The molecule has 2 rings (SSSR count). The lowest BCUT2D eigenvalue weighted by molar-refractivity contribution is 0.0519. The number of aromatic nitrogens is 2. The van der Waals surface area contributed by atoms with Gasteiger partial charge in [-0.2, -0.15) is 0 Å². The standard InChI is InChI=1S/C13H13ClN2O2S/c1-2-18-12(17)11-7-15-13(16-11)19-8-9-3-5-10(14)6-4-9/h3-7H,2,8H2,1H3,(H,15,16). The van der Waals surface area contributed by atoms with Crippen LogP contribution in [0.2, 0.25) is 5.02 Å². The number of benzene rings is 1. The number of ether oxygens (including phenoxy) is 1. The van der Waals surface area contributed by atoms with Crippen LogP contribution in [-0.4, -0.2) is 22.5 Å². The second kappa shape index (κ2) is 6.63. The van der Waals surface area contributed by atoms with Crippen LogP contribution in [-0.2, 0) is 10.5 Å². The highest BCUT2D eigenvalue weighted by atomic mass is 35.5. The lowest BCUT2D eigenvalue weighted by atomic mass is 10.2. The zero-order valence-corrected chi connectivity index (χ0v) is 11.9. The molecule has 0 bridgehead atoms. The van der Waals surface area contributed by atoms with Gasteiger partial charge in [0.15, 0.2) is 5.16 Å². The lowest BCUT2D eigenvalue weighted by Crippen LogP contribution is -2.04. The fraction of sp³-hybridized carbons (Fsp3) is 0.231. The normalized spacial score (nSPS) is 10.4. The Hall–Kier alpha value is -1.46. The molecule has 0 aliphatic carbocycles. The van der Waals surface area contributed by atoms with Crippen molar-refractivity contribution in [1.82, 2.24) is 9.97 Å². The highest BCUT2D eigenvalue weighted by Gasteiger charge is 2.10. The van der Waals surface area contributed by atoms with Crippen molar-refractivity contribution in [1.29, 1.82) is 0 Å². The molecule has 4 nitrogen and oxygen atoms in total. The number of rotatable bonds is 5. The predicted octanol–water partition coefficient (Wildman–Crippen LogP) is 3.53. The van der Waals surface area contributed by atoms with Crippen molar-refractivity contribution in [3.63, 3.8) is 0 Å². The summed E-state index contributed by atoms with van der Waals surface area (Å²) in [5, 5.41) is 1.41. The Morgan fingerprint density at radius 2 is 2.16 bits per heavy atom. The summed E-state index contributed by atoms with van der Waals surface area (Å²) in [5.41, 5.74) is 1.52. The number of halogens is 1. The van der Waals surface area contributed by atoms with Crippen molar-refractivity contribution < 1.29 is 9.53 Å². The molecule has 0 aliphatic rings. The summed E-state index contributed by atoms with van der Waals surface area (Å²) in [7, 11) is 0. The molecule has 1 N–H and O–H groups in total. The summed E-state index contributed by atoms with van der Waals surface area (Å²) in [5.74, 6) is 0.376. The minimum absolute atomic E-state index is 0.352. The van der Waals surface area contributed by atoms with E-state index in [4.69, 9.17) is 16.3 Å². The Morgan fingerprint density at radius 1 is 1.42 bits per heavy atom. The van der Waals surface area contributed by atoms with Crippen molar-refractivity contribution in [3.05, 3.63) is 46.7 Å². The second-order valence-corrected chi connectivity index (χ2v) is 5.14. The van der Waals surface area contributed by atoms with Gasteiger partial charge in [-0.1, -0.05) is 35.5 Å². The predicted molar refractivity (Wildman–Crippen MR) is 75.6 cm³/mol. The largest absolute Gasteiger partial charge is 0.461 e. The van der Waals surface area contributed by atoms with Crippen molar-refractivity contribution >= 4 is 29.3 Å². The van der Waals surface area contributed by atoms with Gasteiger partial charge in [0.1, 0.15) is 5.69 Å². The smallest absolute Gasteiger partial charge is 0.356 e. The fourth-order valence-corrected chi connectivity index (χ4v) is 2.35. The van der Waals surface area contributed by atoms with Gasteiger partial charge in [0, 0.05) is 10.8 Å². The first-order valence-electron chi connectivity index (χ1n) is 5.78. The highest BCUT2D eigenvalue weighted by Crippen LogP contribution is 2.21. The Kier molecular flexibility index (Phi) is 4.87. The average molecular weight is 297 g/mol. The maximum atomic E-state index is 11.5. The number of hydrogen-bond donors (Lipinski definition) is 1. The van der Waals surface area contributed by atoms with Gasteiger partial charge in [-0.3, -0.25) is 0 Å². The molecule has 0 atom stereocenters. The third-order valence-corrected chi connectivity index (χ3v) is 3.55. The molecule has 0 amide bonds. The first-order chi connectivity index (χ1) is 9.19. The summed E-state index contributed by atoms with van der Waals surface area (Å²) in [6.45, 7) is 2.12. The monoisotopic (exact) mass is 296 g/mol. The van der Waals surface area contributed by atoms with Crippen LogP contribution in [0.5, 0.6) is 0 Å². The van der Waals surface area contributed by atoms with Crippen molar-refractivity contribution in [3.8, 4) is 0 Å². The zero-order chi connectivity index (χ0) is 13.7. The van der Waals surface area contributed by atoms with E-state index < -0.39 is 0 Å². The molecular formula is C13H13ClN2O2S. The average Bonchev–Trinajstić information content (AvgIpc) is 2.87. The Balaban J connectivity index is 1.93. The minimum Gasteiger partial charge on any atom is -0.461 e. The van der Waals surface area contributed by atoms with E-state index in [-0.39, 0.29) is 5.97 Å². The highest BCUT2D eigenvalue weighted by molar-refractivity contribution is 7.98. The number of H-pyrrole nitrogens is 1. The van der Waals surface area contributed by atoms with Gasteiger partial charge in [-0.15, -0.1) is 0 Å². The first kappa shape index (κ1) is 14.0. The molecule has 100 valence electrons. The van der Waals surface area contributed by atoms with Gasteiger partial charge in [0.05, 0.1) is 12.8 Å². The number of aromatic amines is 1. The quantitative estimate of drug-likeness (QED) is 0.677. The van der Waals surface area contributed by atoms with Crippen molar-refractivity contribution in [2.75, 3.05) is 6.61 Å². The maximum Gasteiger partial charge on any atom is 0.356 e. The van der Waals surface area contributed by atoms with Gasteiger partial charge in [0.2, 0.25) is 0 Å². The molecule has 0 spiro atoms. The number of esters is 1. The summed E-state index contributed by atoms with van der Waals surface area (Å²) in [6, 6.07) is 7.63. The molecule has 0 fully saturated rings.